The third-order valence-corrected chi connectivity index (χ3v) is 6.76. The highest BCUT2D eigenvalue weighted by atomic mass is 16.7. The number of rotatable bonds is 5. The average Bonchev–Trinajstić information content (AvgIpc) is 3.13. The number of amides is 1. The van der Waals surface area contributed by atoms with Crippen molar-refractivity contribution in [3.63, 3.8) is 0 Å². The van der Waals surface area contributed by atoms with E-state index < -0.39 is 28.7 Å². The number of esters is 1. The molecule has 2 saturated carbocycles. The predicted octanol–water partition coefficient (Wildman–Crippen LogP) is 3.32. The monoisotopic (exact) mass is 439 g/mol. The van der Waals surface area contributed by atoms with Crippen LogP contribution < -0.4 is 0 Å². The summed E-state index contributed by atoms with van der Waals surface area (Å²) in [4.78, 5) is 40.2. The van der Waals surface area contributed by atoms with Gasteiger partial charge >= 0.3 is 12.1 Å². The molecule has 3 fully saturated rings. The molecule has 3 atom stereocenters. The molecule has 1 saturated heterocycles. The summed E-state index contributed by atoms with van der Waals surface area (Å²) in [6.45, 7) is 11.3. The van der Waals surface area contributed by atoms with Crippen molar-refractivity contribution in [1.82, 2.24) is 4.90 Å². The van der Waals surface area contributed by atoms with Crippen LogP contribution in [0.2, 0.25) is 0 Å². The third-order valence-electron chi connectivity index (χ3n) is 6.76. The summed E-state index contributed by atoms with van der Waals surface area (Å²) >= 11 is 0. The third kappa shape index (κ3) is 5.06. The molecule has 1 heterocycles. The largest absolute Gasteiger partial charge is 0.465 e. The van der Waals surface area contributed by atoms with E-state index in [9.17, 15) is 14.4 Å². The second-order valence-corrected chi connectivity index (χ2v) is 9.98. The van der Waals surface area contributed by atoms with Crippen LogP contribution in [0.15, 0.2) is 0 Å². The molecule has 8 nitrogen and oxygen atoms in total. The van der Waals surface area contributed by atoms with Crippen LogP contribution in [0.1, 0.15) is 66.7 Å². The van der Waals surface area contributed by atoms with Crippen molar-refractivity contribution in [2.75, 3.05) is 32.9 Å². The van der Waals surface area contributed by atoms with Gasteiger partial charge in [-0.05, 0) is 58.8 Å². The van der Waals surface area contributed by atoms with Gasteiger partial charge in [0.15, 0.2) is 5.79 Å². The van der Waals surface area contributed by atoms with E-state index in [0.29, 0.717) is 52.0 Å². The first-order valence-corrected chi connectivity index (χ1v) is 11.5. The molecule has 176 valence electrons. The summed E-state index contributed by atoms with van der Waals surface area (Å²) < 4.78 is 23.0. The molecule has 3 rings (SSSR count). The second kappa shape index (κ2) is 9.06. The number of Topliss-reactive ketones (excluding diaryl/α,β-unsaturated/α-hetero) is 1. The predicted molar refractivity (Wildman–Crippen MR) is 112 cm³/mol. The van der Waals surface area contributed by atoms with Crippen LogP contribution in [0.25, 0.3) is 0 Å². The normalized spacial score (nSPS) is 30.0. The van der Waals surface area contributed by atoms with Crippen LogP contribution >= 0.6 is 0 Å². The van der Waals surface area contributed by atoms with Crippen molar-refractivity contribution in [2.24, 2.45) is 17.3 Å². The molecule has 3 aliphatic rings. The van der Waals surface area contributed by atoms with E-state index in [1.54, 1.807) is 11.8 Å². The number of carbonyl (C=O) groups is 3. The fourth-order valence-corrected chi connectivity index (χ4v) is 5.52. The number of hydrogen-bond donors (Lipinski definition) is 0. The van der Waals surface area contributed by atoms with Crippen LogP contribution in [-0.2, 0) is 28.5 Å². The molecule has 0 aromatic heterocycles. The highest BCUT2D eigenvalue weighted by molar-refractivity contribution is 6.00. The van der Waals surface area contributed by atoms with Crippen LogP contribution in [0.4, 0.5) is 4.79 Å². The van der Waals surface area contributed by atoms with Gasteiger partial charge in [-0.2, -0.15) is 0 Å². The topological polar surface area (TPSA) is 91.4 Å². The molecular weight excluding hydrogens is 402 g/mol. The van der Waals surface area contributed by atoms with E-state index in [-0.39, 0.29) is 30.8 Å². The van der Waals surface area contributed by atoms with Gasteiger partial charge in [0.05, 0.1) is 19.8 Å². The Balaban J connectivity index is 1.93. The number of carbonyl (C=O) groups excluding carboxylic acids is 3. The zero-order chi connectivity index (χ0) is 22.9. The van der Waals surface area contributed by atoms with E-state index in [1.807, 2.05) is 27.7 Å². The number of nitrogens with zero attached hydrogens (tertiary/aromatic N) is 1. The average molecular weight is 440 g/mol. The van der Waals surface area contributed by atoms with Gasteiger partial charge in [-0.1, -0.05) is 0 Å². The van der Waals surface area contributed by atoms with E-state index in [1.165, 1.54) is 0 Å². The summed E-state index contributed by atoms with van der Waals surface area (Å²) in [7, 11) is 0. The molecule has 31 heavy (non-hydrogen) atoms. The Labute approximate surface area is 184 Å². The Morgan fingerprint density at radius 2 is 1.84 bits per heavy atom. The summed E-state index contributed by atoms with van der Waals surface area (Å²) in [5.41, 5.74) is -1.09. The van der Waals surface area contributed by atoms with E-state index in [0.717, 1.165) is 0 Å². The van der Waals surface area contributed by atoms with Gasteiger partial charge in [0.2, 0.25) is 0 Å². The molecule has 0 aromatic rings. The van der Waals surface area contributed by atoms with Gasteiger partial charge < -0.3 is 23.8 Å². The van der Waals surface area contributed by atoms with Crippen LogP contribution in [0.3, 0.4) is 0 Å². The van der Waals surface area contributed by atoms with E-state index >= 15 is 0 Å². The lowest BCUT2D eigenvalue weighted by Gasteiger charge is -2.55. The van der Waals surface area contributed by atoms with E-state index in [4.69, 9.17) is 18.9 Å². The second-order valence-electron chi connectivity index (χ2n) is 9.98. The highest BCUT2D eigenvalue weighted by Crippen LogP contribution is 2.57. The first kappa shape index (κ1) is 24.0. The zero-order valence-electron chi connectivity index (χ0n) is 19.5. The molecule has 1 aliphatic heterocycles. The van der Waals surface area contributed by atoms with Crippen molar-refractivity contribution in [2.45, 2.75) is 78.1 Å². The molecule has 0 aromatic carbocycles. The molecule has 1 amide bonds. The Morgan fingerprint density at radius 1 is 1.16 bits per heavy atom. The van der Waals surface area contributed by atoms with Crippen LogP contribution in [0.5, 0.6) is 0 Å². The summed E-state index contributed by atoms with van der Waals surface area (Å²) in [5, 5.41) is 0. The lowest BCUT2D eigenvalue weighted by molar-refractivity contribution is -0.227. The summed E-state index contributed by atoms with van der Waals surface area (Å²) in [6.07, 6.45) is 2.26. The molecule has 1 unspecified atom stereocenters. The van der Waals surface area contributed by atoms with Crippen molar-refractivity contribution >= 4 is 17.8 Å². The number of fused-ring (bicyclic) bond motifs is 1. The summed E-state index contributed by atoms with van der Waals surface area (Å²) in [5.74, 6) is -2.24. The zero-order valence-corrected chi connectivity index (χ0v) is 19.5. The Hall–Kier alpha value is -1.67. The lowest BCUT2D eigenvalue weighted by Crippen LogP contribution is -2.59. The lowest BCUT2D eigenvalue weighted by atomic mass is 9.54. The van der Waals surface area contributed by atoms with Gasteiger partial charge in [-0.3, -0.25) is 9.59 Å². The van der Waals surface area contributed by atoms with Crippen LogP contribution in [0, 0.1) is 17.3 Å². The molecule has 0 bridgehead atoms. The minimum absolute atomic E-state index is 0.0661. The Kier molecular flexibility index (Phi) is 7.01. The summed E-state index contributed by atoms with van der Waals surface area (Å²) in [6, 6.07) is 0. The first-order chi connectivity index (χ1) is 14.5. The van der Waals surface area contributed by atoms with Crippen molar-refractivity contribution in [1.29, 1.82) is 0 Å². The smallest absolute Gasteiger partial charge is 0.410 e. The molecule has 1 spiro atoms. The van der Waals surface area contributed by atoms with Crippen molar-refractivity contribution in [3.05, 3.63) is 0 Å². The van der Waals surface area contributed by atoms with Crippen molar-refractivity contribution in [3.8, 4) is 0 Å². The minimum atomic E-state index is -0.801. The Morgan fingerprint density at radius 3 is 2.42 bits per heavy atom. The number of ether oxygens (including phenoxy) is 4. The fraction of sp³-hybridized carbons (Fsp3) is 0.870. The standard InChI is InChI=1S/C23H37NO7/c1-6-24(20(27)31-21(3,4)5)15-22-10-9-17(25)18(19(26)28-7-2)16(22)8-11-23(14-22)29-12-13-30-23/h16,18H,6-15H2,1-5H3/t16?,18-,22+/m1/s1. The fourth-order valence-electron chi connectivity index (χ4n) is 5.52. The van der Waals surface area contributed by atoms with Gasteiger partial charge in [-0.25, -0.2) is 4.79 Å². The number of hydrogen-bond acceptors (Lipinski definition) is 7. The minimum Gasteiger partial charge on any atom is -0.465 e. The maximum absolute atomic E-state index is 12.9. The highest BCUT2D eigenvalue weighted by Gasteiger charge is 2.60. The van der Waals surface area contributed by atoms with Crippen molar-refractivity contribution < 1.29 is 33.3 Å². The maximum Gasteiger partial charge on any atom is 0.410 e. The molecule has 0 radical (unpaired) electrons. The van der Waals surface area contributed by atoms with Gasteiger partial charge in [0, 0.05) is 32.4 Å². The first-order valence-electron chi connectivity index (χ1n) is 11.5. The molecule has 0 N–H and O–H groups in total. The van der Waals surface area contributed by atoms with Crippen LogP contribution in [-0.4, -0.2) is 67.0 Å². The van der Waals surface area contributed by atoms with Gasteiger partial charge in [-0.15, -0.1) is 0 Å². The quantitative estimate of drug-likeness (QED) is 0.479. The van der Waals surface area contributed by atoms with Gasteiger partial charge in [0.1, 0.15) is 17.3 Å². The maximum atomic E-state index is 12.9. The Bertz CT molecular complexity index is 695. The molecule has 2 aliphatic carbocycles. The van der Waals surface area contributed by atoms with E-state index in [2.05, 4.69) is 0 Å². The molecule has 8 heteroatoms. The van der Waals surface area contributed by atoms with Gasteiger partial charge in [0.25, 0.3) is 0 Å². The SMILES string of the molecule is CCOC(=O)[C@H]1C(=O)CC[C@@]2(CN(CC)C(=O)OC(C)(C)C)CC3(CCC12)OCCO3. The number of ketones is 1. The molecular formula is C23H37NO7.